The van der Waals surface area contributed by atoms with Crippen LogP contribution in [0.1, 0.15) is 17.3 Å². The lowest BCUT2D eigenvalue weighted by atomic mass is 10.2. The molecule has 0 saturated heterocycles. The van der Waals surface area contributed by atoms with E-state index in [0.717, 1.165) is 28.6 Å². The van der Waals surface area contributed by atoms with Crippen LogP contribution in [0.15, 0.2) is 77.7 Å². The Morgan fingerprint density at radius 3 is 2.30 bits per heavy atom. The van der Waals surface area contributed by atoms with Crippen LogP contribution in [-0.2, 0) is 19.6 Å². The molecule has 0 heterocycles. The summed E-state index contributed by atoms with van der Waals surface area (Å²) in [7, 11) is -4.17. The number of carbonyl (C=O) groups excluding carboxylic acids is 2. The molecule has 0 unspecified atom stereocenters. The molecule has 0 atom stereocenters. The van der Waals surface area contributed by atoms with Crippen LogP contribution < -0.4 is 9.62 Å². The normalized spacial score (nSPS) is 11.0. The van der Waals surface area contributed by atoms with E-state index in [1.807, 2.05) is 0 Å². The van der Waals surface area contributed by atoms with Gasteiger partial charge in [0, 0.05) is 5.69 Å². The summed E-state index contributed by atoms with van der Waals surface area (Å²) >= 11 is 6.12. The molecule has 0 bridgehead atoms. The van der Waals surface area contributed by atoms with E-state index in [2.05, 4.69) is 5.32 Å². The summed E-state index contributed by atoms with van der Waals surface area (Å²) in [5, 5.41) is 2.65. The van der Waals surface area contributed by atoms with E-state index < -0.39 is 34.3 Å². The highest BCUT2D eigenvalue weighted by Crippen LogP contribution is 2.25. The van der Waals surface area contributed by atoms with Crippen LogP contribution in [0.3, 0.4) is 0 Å². The molecule has 0 saturated carbocycles. The number of hydrogen-bond acceptors (Lipinski definition) is 5. The molecule has 3 aromatic rings. The maximum atomic E-state index is 13.3. The average molecular weight is 491 g/mol. The van der Waals surface area contributed by atoms with Crippen LogP contribution in [0.5, 0.6) is 0 Å². The van der Waals surface area contributed by atoms with Crippen LogP contribution in [-0.4, -0.2) is 33.4 Å². The van der Waals surface area contributed by atoms with Crippen molar-refractivity contribution >= 4 is 44.9 Å². The molecule has 0 spiro atoms. The first kappa shape index (κ1) is 24.2. The lowest BCUT2D eigenvalue weighted by molar-refractivity contribution is -0.114. The molecule has 0 aliphatic carbocycles. The van der Waals surface area contributed by atoms with Gasteiger partial charge in [0.1, 0.15) is 12.4 Å². The first-order valence-electron chi connectivity index (χ1n) is 9.82. The number of benzene rings is 3. The quantitative estimate of drug-likeness (QED) is 0.470. The predicted molar refractivity (Wildman–Crippen MR) is 123 cm³/mol. The van der Waals surface area contributed by atoms with E-state index in [1.54, 1.807) is 37.3 Å². The van der Waals surface area contributed by atoms with Gasteiger partial charge in [-0.05, 0) is 61.5 Å². The highest BCUT2D eigenvalue weighted by Gasteiger charge is 2.27. The second-order valence-electron chi connectivity index (χ2n) is 6.76. The molecule has 3 rings (SSSR count). The summed E-state index contributed by atoms with van der Waals surface area (Å²) < 4.78 is 45.6. The van der Waals surface area contributed by atoms with Gasteiger partial charge in [-0.25, -0.2) is 17.6 Å². The minimum atomic E-state index is -4.17. The molecule has 0 aliphatic heterocycles. The third-order valence-corrected chi connectivity index (χ3v) is 6.58. The van der Waals surface area contributed by atoms with Crippen LogP contribution in [0.25, 0.3) is 0 Å². The first-order chi connectivity index (χ1) is 15.7. The van der Waals surface area contributed by atoms with Crippen molar-refractivity contribution in [1.82, 2.24) is 0 Å². The van der Waals surface area contributed by atoms with Crippen molar-refractivity contribution in [1.29, 1.82) is 0 Å². The molecule has 0 aromatic heterocycles. The van der Waals surface area contributed by atoms with Crippen LogP contribution >= 0.6 is 11.6 Å². The fourth-order valence-electron chi connectivity index (χ4n) is 2.94. The van der Waals surface area contributed by atoms with Crippen molar-refractivity contribution in [3.63, 3.8) is 0 Å². The molecule has 1 amide bonds. The van der Waals surface area contributed by atoms with Gasteiger partial charge in [0.25, 0.3) is 10.0 Å². The minimum Gasteiger partial charge on any atom is -0.462 e. The summed E-state index contributed by atoms with van der Waals surface area (Å²) in [6, 6.07) is 16.6. The van der Waals surface area contributed by atoms with Gasteiger partial charge in [0.15, 0.2) is 0 Å². The number of nitrogens with one attached hydrogen (secondary N) is 1. The van der Waals surface area contributed by atoms with Gasteiger partial charge in [-0.1, -0.05) is 29.8 Å². The number of halogens is 2. The number of esters is 1. The Morgan fingerprint density at radius 2 is 1.70 bits per heavy atom. The standard InChI is InChI=1S/C23H20ClFN2O5S/c1-2-32-23(29)20-13-10-17(14-21(20)24)26-22(28)15-27(18-6-4-3-5-7-18)33(30,31)19-11-8-16(25)9-12-19/h3-14H,2,15H2,1H3,(H,26,28). The van der Waals surface area contributed by atoms with Crippen molar-refractivity contribution in [3.8, 4) is 0 Å². The number of carbonyl (C=O) groups is 2. The fraction of sp³-hybridized carbons (Fsp3) is 0.130. The monoisotopic (exact) mass is 490 g/mol. The zero-order valence-corrected chi connectivity index (χ0v) is 19.1. The summed E-state index contributed by atoms with van der Waals surface area (Å²) in [5.41, 5.74) is 0.666. The predicted octanol–water partition coefficient (Wildman–Crippen LogP) is 4.49. The van der Waals surface area contributed by atoms with Gasteiger partial charge < -0.3 is 10.1 Å². The van der Waals surface area contributed by atoms with Gasteiger partial charge in [-0.3, -0.25) is 9.10 Å². The Bertz CT molecular complexity index is 1250. The smallest absolute Gasteiger partial charge is 0.339 e. The van der Waals surface area contributed by atoms with E-state index in [9.17, 15) is 22.4 Å². The van der Waals surface area contributed by atoms with E-state index in [0.29, 0.717) is 0 Å². The van der Waals surface area contributed by atoms with E-state index in [1.165, 1.54) is 18.2 Å². The minimum absolute atomic E-state index is 0.0742. The first-order valence-corrected chi connectivity index (χ1v) is 11.6. The Kier molecular flexibility index (Phi) is 7.67. The summed E-state index contributed by atoms with van der Waals surface area (Å²) in [5.74, 6) is -1.83. The number of nitrogens with zero attached hydrogens (tertiary/aromatic N) is 1. The topological polar surface area (TPSA) is 92.8 Å². The van der Waals surface area contributed by atoms with Crippen molar-refractivity contribution in [2.75, 3.05) is 22.8 Å². The zero-order valence-electron chi connectivity index (χ0n) is 17.5. The van der Waals surface area contributed by atoms with Gasteiger partial charge in [-0.2, -0.15) is 0 Å². The maximum absolute atomic E-state index is 13.3. The molecule has 0 fully saturated rings. The molecule has 0 radical (unpaired) electrons. The number of sulfonamides is 1. The number of ether oxygens (including phenoxy) is 1. The molecule has 0 aliphatic rings. The lowest BCUT2D eigenvalue weighted by Gasteiger charge is -2.24. The maximum Gasteiger partial charge on any atom is 0.339 e. The van der Waals surface area contributed by atoms with E-state index in [4.69, 9.17) is 16.3 Å². The van der Waals surface area contributed by atoms with Gasteiger partial charge in [0.05, 0.1) is 27.8 Å². The van der Waals surface area contributed by atoms with Crippen molar-refractivity contribution in [2.24, 2.45) is 0 Å². The number of hydrogen-bond donors (Lipinski definition) is 1. The third kappa shape index (κ3) is 5.88. The Labute approximate surface area is 195 Å². The van der Waals surface area contributed by atoms with Crippen LogP contribution in [0.4, 0.5) is 15.8 Å². The van der Waals surface area contributed by atoms with Crippen molar-refractivity contribution < 1.29 is 27.1 Å². The van der Waals surface area contributed by atoms with Crippen molar-refractivity contribution in [3.05, 3.63) is 89.2 Å². The summed E-state index contributed by atoms with van der Waals surface area (Å²) in [6.07, 6.45) is 0. The molecule has 10 heteroatoms. The third-order valence-electron chi connectivity index (χ3n) is 4.48. The molecule has 172 valence electrons. The lowest BCUT2D eigenvalue weighted by Crippen LogP contribution is -2.38. The molecule has 3 aromatic carbocycles. The Hall–Kier alpha value is -3.43. The fourth-order valence-corrected chi connectivity index (χ4v) is 4.62. The molecule has 1 N–H and O–H groups in total. The molecule has 7 nitrogen and oxygen atoms in total. The summed E-state index contributed by atoms with van der Waals surface area (Å²) in [6.45, 7) is 1.30. The van der Waals surface area contributed by atoms with Gasteiger partial charge in [-0.15, -0.1) is 0 Å². The Morgan fingerprint density at radius 1 is 1.03 bits per heavy atom. The largest absolute Gasteiger partial charge is 0.462 e. The number of anilines is 2. The SMILES string of the molecule is CCOC(=O)c1ccc(NC(=O)CN(c2ccccc2)S(=O)(=O)c2ccc(F)cc2)cc1Cl. The van der Waals surface area contributed by atoms with E-state index >= 15 is 0 Å². The molecular formula is C23H20ClFN2O5S. The summed E-state index contributed by atoms with van der Waals surface area (Å²) in [4.78, 5) is 24.5. The second kappa shape index (κ2) is 10.5. The van der Waals surface area contributed by atoms with Crippen LogP contribution in [0, 0.1) is 5.82 Å². The van der Waals surface area contributed by atoms with E-state index in [-0.39, 0.29) is 33.5 Å². The average Bonchev–Trinajstić information content (AvgIpc) is 2.78. The highest BCUT2D eigenvalue weighted by atomic mass is 35.5. The second-order valence-corrected chi connectivity index (χ2v) is 9.03. The number of rotatable bonds is 8. The molecule has 33 heavy (non-hydrogen) atoms. The number of para-hydroxylation sites is 1. The molecular weight excluding hydrogens is 471 g/mol. The Balaban J connectivity index is 1.85. The van der Waals surface area contributed by atoms with Crippen molar-refractivity contribution in [2.45, 2.75) is 11.8 Å². The van der Waals surface area contributed by atoms with Crippen LogP contribution in [0.2, 0.25) is 5.02 Å². The number of amides is 1. The van der Waals surface area contributed by atoms with Gasteiger partial charge >= 0.3 is 5.97 Å². The highest BCUT2D eigenvalue weighted by molar-refractivity contribution is 7.92. The zero-order chi connectivity index (χ0) is 24.0. The van der Waals surface area contributed by atoms with Gasteiger partial charge in [0.2, 0.25) is 5.91 Å².